The zero-order chi connectivity index (χ0) is 13.1. The Morgan fingerprint density at radius 1 is 1.28 bits per heavy atom. The summed E-state index contributed by atoms with van der Waals surface area (Å²) in [5, 5.41) is 8.84. The minimum atomic E-state index is -2.82. The zero-order valence-electron chi connectivity index (χ0n) is 9.36. The van der Waals surface area contributed by atoms with E-state index < -0.39 is 18.1 Å². The van der Waals surface area contributed by atoms with E-state index in [0.29, 0.717) is 12.1 Å². The molecule has 5 heteroatoms. The lowest BCUT2D eigenvalue weighted by molar-refractivity contribution is 0.0684. The van der Waals surface area contributed by atoms with Crippen LogP contribution in [-0.4, -0.2) is 16.1 Å². The molecule has 0 atom stereocenters. The first-order valence-corrected chi connectivity index (χ1v) is 5.35. The van der Waals surface area contributed by atoms with Crippen molar-refractivity contribution in [3.05, 3.63) is 58.9 Å². The third kappa shape index (κ3) is 2.56. The Labute approximate surface area is 102 Å². The normalized spacial score (nSPS) is 10.8. The third-order valence-electron chi connectivity index (χ3n) is 2.59. The molecular formula is C13H11F2NO2. The maximum absolute atomic E-state index is 12.6. The number of H-pyrrole nitrogens is 1. The fourth-order valence-electron chi connectivity index (χ4n) is 1.79. The molecular weight excluding hydrogens is 240 g/mol. The number of carbonyl (C=O) groups is 1. The smallest absolute Gasteiger partial charge is 0.337 e. The number of carboxylic acid groups (broad SMARTS) is 1. The van der Waals surface area contributed by atoms with Gasteiger partial charge in [0.2, 0.25) is 0 Å². The number of hydrogen-bond donors (Lipinski definition) is 2. The van der Waals surface area contributed by atoms with Gasteiger partial charge in [-0.25, -0.2) is 13.6 Å². The molecule has 0 aliphatic rings. The highest BCUT2D eigenvalue weighted by Gasteiger charge is 2.21. The first-order valence-electron chi connectivity index (χ1n) is 5.35. The van der Waals surface area contributed by atoms with E-state index in [1.54, 1.807) is 0 Å². The molecule has 1 heterocycles. The van der Waals surface area contributed by atoms with Crippen molar-refractivity contribution in [2.24, 2.45) is 0 Å². The molecule has 18 heavy (non-hydrogen) atoms. The molecule has 94 valence electrons. The predicted octanol–water partition coefficient (Wildman–Crippen LogP) is 3.24. The molecule has 2 aromatic rings. The summed E-state index contributed by atoms with van der Waals surface area (Å²) in [6, 6.07) is 10.5. The standard InChI is InChI=1S/C13H11F2NO2/c14-12(15)11-10(13(17)18)7-9(16-11)6-8-4-2-1-3-5-8/h1-5,7,12,16H,6H2,(H,17,18). The fraction of sp³-hybridized carbons (Fsp3) is 0.154. The average Bonchev–Trinajstić information content (AvgIpc) is 2.74. The summed E-state index contributed by atoms with van der Waals surface area (Å²) in [5.74, 6) is -1.35. The van der Waals surface area contributed by atoms with Crippen LogP contribution in [0.3, 0.4) is 0 Å². The number of aromatic amines is 1. The van der Waals surface area contributed by atoms with Crippen molar-refractivity contribution in [2.75, 3.05) is 0 Å². The van der Waals surface area contributed by atoms with Crippen molar-refractivity contribution in [1.82, 2.24) is 4.98 Å². The van der Waals surface area contributed by atoms with Crippen molar-refractivity contribution in [1.29, 1.82) is 0 Å². The molecule has 1 aromatic heterocycles. The second kappa shape index (κ2) is 5.00. The predicted molar refractivity (Wildman–Crippen MR) is 62.0 cm³/mol. The largest absolute Gasteiger partial charge is 0.478 e. The monoisotopic (exact) mass is 251 g/mol. The molecule has 0 spiro atoms. The number of nitrogens with one attached hydrogen (secondary N) is 1. The van der Waals surface area contributed by atoms with Crippen LogP contribution >= 0.6 is 0 Å². The molecule has 0 radical (unpaired) electrons. The lowest BCUT2D eigenvalue weighted by atomic mass is 10.1. The topological polar surface area (TPSA) is 53.1 Å². The van der Waals surface area contributed by atoms with Crippen LogP contribution in [0.5, 0.6) is 0 Å². The Bertz CT molecular complexity index is 549. The number of benzene rings is 1. The van der Waals surface area contributed by atoms with Crippen LogP contribution < -0.4 is 0 Å². The summed E-state index contributed by atoms with van der Waals surface area (Å²) >= 11 is 0. The Morgan fingerprint density at radius 3 is 2.44 bits per heavy atom. The molecule has 0 fully saturated rings. The van der Waals surface area contributed by atoms with E-state index >= 15 is 0 Å². The number of aromatic nitrogens is 1. The van der Waals surface area contributed by atoms with Gasteiger partial charge in [0.15, 0.2) is 0 Å². The van der Waals surface area contributed by atoms with Gasteiger partial charge in [0, 0.05) is 12.1 Å². The lowest BCUT2D eigenvalue weighted by Crippen LogP contribution is -1.99. The zero-order valence-corrected chi connectivity index (χ0v) is 9.36. The summed E-state index contributed by atoms with van der Waals surface area (Å²) in [7, 11) is 0. The van der Waals surface area contributed by atoms with Gasteiger partial charge in [-0.2, -0.15) is 0 Å². The van der Waals surface area contributed by atoms with Gasteiger partial charge in [0.1, 0.15) is 0 Å². The van der Waals surface area contributed by atoms with Gasteiger partial charge in [-0.3, -0.25) is 0 Å². The minimum absolute atomic E-state index is 0.365. The number of rotatable bonds is 4. The number of halogens is 2. The van der Waals surface area contributed by atoms with E-state index in [0.717, 1.165) is 5.56 Å². The number of alkyl halides is 2. The summed E-state index contributed by atoms with van der Waals surface area (Å²) in [6.45, 7) is 0. The van der Waals surface area contributed by atoms with Crippen LogP contribution in [0.1, 0.15) is 33.7 Å². The summed E-state index contributed by atoms with van der Waals surface area (Å²) < 4.78 is 25.3. The first kappa shape index (κ1) is 12.3. The van der Waals surface area contributed by atoms with Gasteiger partial charge >= 0.3 is 5.97 Å². The first-order chi connectivity index (χ1) is 8.58. The molecule has 0 aliphatic carbocycles. The maximum Gasteiger partial charge on any atom is 0.337 e. The Hall–Kier alpha value is -2.17. The van der Waals surface area contributed by atoms with Gasteiger partial charge in [-0.15, -0.1) is 0 Å². The summed E-state index contributed by atoms with van der Waals surface area (Å²) in [6.07, 6.45) is -2.42. The SMILES string of the molecule is O=C(O)c1cc(Cc2ccccc2)[nH]c1C(F)F. The highest BCUT2D eigenvalue weighted by molar-refractivity contribution is 5.89. The second-order valence-corrected chi connectivity index (χ2v) is 3.89. The van der Waals surface area contributed by atoms with Crippen LogP contribution in [0.15, 0.2) is 36.4 Å². The maximum atomic E-state index is 12.6. The van der Waals surface area contributed by atoms with E-state index in [1.807, 2.05) is 30.3 Å². The molecule has 1 aromatic carbocycles. The Morgan fingerprint density at radius 2 is 1.94 bits per heavy atom. The average molecular weight is 251 g/mol. The Balaban J connectivity index is 2.30. The van der Waals surface area contributed by atoms with Crippen LogP contribution in [0, 0.1) is 0 Å². The van der Waals surface area contributed by atoms with Gasteiger partial charge in [0.25, 0.3) is 6.43 Å². The quantitative estimate of drug-likeness (QED) is 0.876. The fourth-order valence-corrected chi connectivity index (χ4v) is 1.79. The third-order valence-corrected chi connectivity index (χ3v) is 2.59. The molecule has 0 amide bonds. The highest BCUT2D eigenvalue weighted by Crippen LogP contribution is 2.24. The van der Waals surface area contributed by atoms with E-state index in [-0.39, 0.29) is 5.56 Å². The molecule has 0 saturated heterocycles. The molecule has 2 rings (SSSR count). The van der Waals surface area contributed by atoms with Crippen LogP contribution in [0.2, 0.25) is 0 Å². The van der Waals surface area contributed by atoms with Crippen molar-refractivity contribution in [3.63, 3.8) is 0 Å². The van der Waals surface area contributed by atoms with Crippen molar-refractivity contribution < 1.29 is 18.7 Å². The number of carboxylic acids is 1. The van der Waals surface area contributed by atoms with E-state index in [9.17, 15) is 13.6 Å². The summed E-state index contributed by atoms with van der Waals surface area (Å²) in [5.41, 5.74) is 0.495. The molecule has 2 N–H and O–H groups in total. The van der Waals surface area contributed by atoms with Gasteiger partial charge in [-0.1, -0.05) is 30.3 Å². The highest BCUT2D eigenvalue weighted by atomic mass is 19.3. The van der Waals surface area contributed by atoms with Gasteiger partial charge < -0.3 is 10.1 Å². The molecule has 0 unspecified atom stereocenters. The molecule has 0 bridgehead atoms. The number of aromatic carboxylic acids is 1. The van der Waals surface area contributed by atoms with E-state index in [1.165, 1.54) is 6.07 Å². The lowest BCUT2D eigenvalue weighted by Gasteiger charge is -1.99. The van der Waals surface area contributed by atoms with Crippen molar-refractivity contribution in [3.8, 4) is 0 Å². The van der Waals surface area contributed by atoms with Gasteiger partial charge in [0.05, 0.1) is 11.3 Å². The molecule has 3 nitrogen and oxygen atoms in total. The summed E-state index contributed by atoms with van der Waals surface area (Å²) in [4.78, 5) is 13.3. The van der Waals surface area contributed by atoms with Crippen LogP contribution in [-0.2, 0) is 6.42 Å². The van der Waals surface area contributed by atoms with Crippen molar-refractivity contribution in [2.45, 2.75) is 12.8 Å². The van der Waals surface area contributed by atoms with Crippen molar-refractivity contribution >= 4 is 5.97 Å². The molecule has 0 aliphatic heterocycles. The molecule has 0 saturated carbocycles. The van der Waals surface area contributed by atoms with Crippen LogP contribution in [0.4, 0.5) is 8.78 Å². The van der Waals surface area contributed by atoms with Crippen LogP contribution in [0.25, 0.3) is 0 Å². The second-order valence-electron chi connectivity index (χ2n) is 3.89. The Kier molecular flexibility index (Phi) is 3.41. The van der Waals surface area contributed by atoms with E-state index in [4.69, 9.17) is 5.11 Å². The van der Waals surface area contributed by atoms with E-state index in [2.05, 4.69) is 4.98 Å². The van der Waals surface area contributed by atoms with Gasteiger partial charge in [-0.05, 0) is 11.6 Å². The number of hydrogen-bond acceptors (Lipinski definition) is 1. The minimum Gasteiger partial charge on any atom is -0.478 e.